The Morgan fingerprint density at radius 3 is 2.17 bits per heavy atom. The fourth-order valence-electron chi connectivity index (χ4n) is 2.31. The van der Waals surface area contributed by atoms with Crippen molar-refractivity contribution in [2.75, 3.05) is 6.26 Å². The van der Waals surface area contributed by atoms with E-state index in [1.165, 1.54) is 4.68 Å². The van der Waals surface area contributed by atoms with Crippen molar-refractivity contribution in [2.45, 2.75) is 11.1 Å². The van der Waals surface area contributed by atoms with Crippen molar-refractivity contribution >= 4 is 10.8 Å². The van der Waals surface area contributed by atoms with Gasteiger partial charge in [0.2, 0.25) is 0 Å². The number of halogens is 3. The number of nitrogens with zero attached hydrogens (tertiary/aromatic N) is 2. The molecule has 1 heterocycles. The second kappa shape index (κ2) is 6.24. The molecule has 0 fully saturated rings. The monoisotopic (exact) mass is 350 g/mol. The molecule has 0 saturated heterocycles. The topological polar surface area (TPSA) is 34.9 Å². The highest BCUT2D eigenvalue weighted by Gasteiger charge is 2.35. The summed E-state index contributed by atoms with van der Waals surface area (Å²) in [5, 5.41) is 3.72. The molecular weight excluding hydrogens is 337 g/mol. The van der Waals surface area contributed by atoms with E-state index in [1.807, 2.05) is 0 Å². The highest BCUT2D eigenvalue weighted by atomic mass is 32.2. The number of para-hydroxylation sites is 1. The lowest BCUT2D eigenvalue weighted by molar-refractivity contribution is -0.141. The molecule has 0 amide bonds. The lowest BCUT2D eigenvalue weighted by Crippen LogP contribution is -2.07. The van der Waals surface area contributed by atoms with E-state index >= 15 is 0 Å². The van der Waals surface area contributed by atoms with E-state index in [1.54, 1.807) is 60.9 Å². The minimum absolute atomic E-state index is 0.321. The van der Waals surface area contributed by atoms with E-state index in [0.29, 0.717) is 21.8 Å². The van der Waals surface area contributed by atoms with E-state index in [0.717, 1.165) is 6.07 Å². The van der Waals surface area contributed by atoms with Crippen LogP contribution in [0.1, 0.15) is 5.69 Å². The Labute approximate surface area is 139 Å². The molecule has 3 nitrogen and oxygen atoms in total. The van der Waals surface area contributed by atoms with Gasteiger partial charge in [-0.15, -0.1) is 0 Å². The predicted octanol–water partition coefficient (Wildman–Crippen LogP) is 4.30. The Hall–Kier alpha value is -2.41. The molecule has 0 bridgehead atoms. The van der Waals surface area contributed by atoms with Gasteiger partial charge >= 0.3 is 6.18 Å². The molecule has 24 heavy (non-hydrogen) atoms. The Bertz CT molecular complexity index is 871. The fourth-order valence-corrected chi connectivity index (χ4v) is 2.83. The molecule has 3 aromatic rings. The first kappa shape index (κ1) is 16.4. The maximum absolute atomic E-state index is 13.1. The molecule has 0 aliphatic rings. The van der Waals surface area contributed by atoms with Gasteiger partial charge in [-0.25, -0.2) is 4.68 Å². The van der Waals surface area contributed by atoms with Crippen LogP contribution in [0.4, 0.5) is 13.2 Å². The normalized spacial score (nSPS) is 13.0. The zero-order valence-corrected chi connectivity index (χ0v) is 13.4. The Kier molecular flexibility index (Phi) is 4.28. The van der Waals surface area contributed by atoms with E-state index in [4.69, 9.17) is 0 Å². The number of aromatic nitrogens is 2. The molecule has 2 aromatic carbocycles. The highest BCUT2D eigenvalue weighted by Crippen LogP contribution is 2.33. The van der Waals surface area contributed by atoms with Crippen molar-refractivity contribution < 1.29 is 17.4 Å². The second-order valence-electron chi connectivity index (χ2n) is 5.14. The molecule has 3 rings (SSSR count). The third kappa shape index (κ3) is 3.26. The molecule has 0 aliphatic heterocycles. The van der Waals surface area contributed by atoms with Gasteiger partial charge in [-0.05, 0) is 30.3 Å². The van der Waals surface area contributed by atoms with Gasteiger partial charge in [0.1, 0.15) is 0 Å². The van der Waals surface area contributed by atoms with E-state index in [2.05, 4.69) is 5.10 Å². The number of benzene rings is 2. The summed E-state index contributed by atoms with van der Waals surface area (Å²) in [6.45, 7) is 0. The highest BCUT2D eigenvalue weighted by molar-refractivity contribution is 7.84. The van der Waals surface area contributed by atoms with Crippen molar-refractivity contribution in [1.82, 2.24) is 9.78 Å². The first-order valence-corrected chi connectivity index (χ1v) is 8.58. The van der Waals surface area contributed by atoms with Crippen LogP contribution in [0.3, 0.4) is 0 Å². The van der Waals surface area contributed by atoms with E-state index < -0.39 is 22.7 Å². The van der Waals surface area contributed by atoms with Crippen LogP contribution < -0.4 is 0 Å². The number of hydrogen-bond acceptors (Lipinski definition) is 2. The Morgan fingerprint density at radius 2 is 1.62 bits per heavy atom. The van der Waals surface area contributed by atoms with Gasteiger partial charge in [0.25, 0.3) is 0 Å². The van der Waals surface area contributed by atoms with Crippen LogP contribution in [-0.2, 0) is 17.0 Å². The molecule has 0 radical (unpaired) electrons. The van der Waals surface area contributed by atoms with Gasteiger partial charge in [-0.3, -0.25) is 4.21 Å². The van der Waals surface area contributed by atoms with Crippen LogP contribution >= 0.6 is 0 Å². The summed E-state index contributed by atoms with van der Waals surface area (Å²) in [5.74, 6) is 0. The fraction of sp³-hybridized carbons (Fsp3) is 0.118. The first-order chi connectivity index (χ1) is 11.4. The largest absolute Gasteiger partial charge is 0.435 e. The summed E-state index contributed by atoms with van der Waals surface area (Å²) < 4.78 is 51.9. The lowest BCUT2D eigenvalue weighted by atomic mass is 10.1. The smallest absolute Gasteiger partial charge is 0.255 e. The van der Waals surface area contributed by atoms with Gasteiger partial charge in [-0.1, -0.05) is 30.3 Å². The maximum Gasteiger partial charge on any atom is 0.435 e. The first-order valence-electron chi connectivity index (χ1n) is 7.03. The molecule has 1 atom stereocenters. The van der Waals surface area contributed by atoms with Crippen molar-refractivity contribution in [3.63, 3.8) is 0 Å². The number of rotatable bonds is 3. The molecule has 0 aliphatic carbocycles. The predicted molar refractivity (Wildman–Crippen MR) is 86.3 cm³/mol. The standard InChI is InChI=1S/C17H13F3N2OS/c1-24(23)14-9-7-12(8-10-14)15-11-16(17(18,19)20)21-22(15)13-5-3-2-4-6-13/h2-11H,1H3. The molecule has 7 heteroatoms. The molecule has 1 unspecified atom stereocenters. The van der Waals surface area contributed by atoms with Crippen LogP contribution in [-0.4, -0.2) is 20.2 Å². The quantitative estimate of drug-likeness (QED) is 0.706. The molecule has 1 aromatic heterocycles. The SMILES string of the molecule is CS(=O)c1ccc(-c2cc(C(F)(F)F)nn2-c2ccccc2)cc1. The van der Waals surface area contributed by atoms with Gasteiger partial charge in [0.15, 0.2) is 5.69 Å². The Balaban J connectivity index is 2.15. The summed E-state index contributed by atoms with van der Waals surface area (Å²) in [6.07, 6.45) is -2.98. The third-order valence-corrected chi connectivity index (χ3v) is 4.42. The molecule has 0 spiro atoms. The zero-order chi connectivity index (χ0) is 17.3. The second-order valence-corrected chi connectivity index (χ2v) is 6.52. The molecular formula is C17H13F3N2OS. The number of alkyl halides is 3. The van der Waals surface area contributed by atoms with E-state index in [-0.39, 0.29) is 0 Å². The van der Waals surface area contributed by atoms with Crippen LogP contribution in [0.2, 0.25) is 0 Å². The average Bonchev–Trinajstić information content (AvgIpc) is 3.01. The lowest BCUT2D eigenvalue weighted by Gasteiger charge is -2.08. The summed E-state index contributed by atoms with van der Waals surface area (Å²) in [4.78, 5) is 0.612. The minimum Gasteiger partial charge on any atom is -0.255 e. The summed E-state index contributed by atoms with van der Waals surface area (Å²) in [7, 11) is -1.15. The van der Waals surface area contributed by atoms with Crippen LogP contribution in [0.25, 0.3) is 16.9 Å². The van der Waals surface area contributed by atoms with Crippen molar-refractivity contribution in [1.29, 1.82) is 0 Å². The van der Waals surface area contributed by atoms with Crippen molar-refractivity contribution in [2.24, 2.45) is 0 Å². The summed E-state index contributed by atoms with van der Waals surface area (Å²) >= 11 is 0. The summed E-state index contributed by atoms with van der Waals surface area (Å²) in [6, 6.07) is 16.2. The van der Waals surface area contributed by atoms with Crippen molar-refractivity contribution in [3.8, 4) is 16.9 Å². The van der Waals surface area contributed by atoms with E-state index in [9.17, 15) is 17.4 Å². The zero-order valence-electron chi connectivity index (χ0n) is 12.6. The number of hydrogen-bond donors (Lipinski definition) is 0. The van der Waals surface area contributed by atoms with Crippen LogP contribution in [0, 0.1) is 0 Å². The molecule has 124 valence electrons. The molecule has 0 saturated carbocycles. The van der Waals surface area contributed by atoms with Gasteiger partial charge in [0, 0.05) is 27.5 Å². The average molecular weight is 350 g/mol. The minimum atomic E-state index is -4.53. The maximum atomic E-state index is 13.1. The third-order valence-electron chi connectivity index (χ3n) is 3.48. The Morgan fingerprint density at radius 1 is 1.00 bits per heavy atom. The molecule has 0 N–H and O–H groups in total. The summed E-state index contributed by atoms with van der Waals surface area (Å²) in [5.41, 5.74) is 0.466. The van der Waals surface area contributed by atoms with Gasteiger partial charge in [0.05, 0.1) is 11.4 Å². The van der Waals surface area contributed by atoms with Crippen LogP contribution in [0.5, 0.6) is 0 Å². The van der Waals surface area contributed by atoms with Crippen molar-refractivity contribution in [3.05, 3.63) is 66.4 Å². The van der Waals surface area contributed by atoms with Crippen LogP contribution in [0.15, 0.2) is 65.6 Å². The van der Waals surface area contributed by atoms with Gasteiger partial charge in [-0.2, -0.15) is 18.3 Å². The van der Waals surface area contributed by atoms with Gasteiger partial charge < -0.3 is 0 Å².